The van der Waals surface area contributed by atoms with E-state index in [-0.39, 0.29) is 0 Å². The number of carbonyl (C=O) groups excluding carboxylic acids is 1. The van der Waals surface area contributed by atoms with Gasteiger partial charge >= 0.3 is 0 Å². The second-order valence-corrected chi connectivity index (χ2v) is 5.11. The van der Waals surface area contributed by atoms with Crippen molar-refractivity contribution in [2.45, 2.75) is 70.6 Å². The van der Waals surface area contributed by atoms with Crippen molar-refractivity contribution in [1.82, 2.24) is 0 Å². The van der Waals surface area contributed by atoms with E-state index in [1.807, 2.05) is 0 Å². The Bertz CT molecular complexity index is 183. The zero-order chi connectivity index (χ0) is 11.6. The van der Waals surface area contributed by atoms with Gasteiger partial charge in [0, 0.05) is 12.3 Å². The Balaban J connectivity index is 2.08. The van der Waals surface area contributed by atoms with E-state index in [4.69, 9.17) is 5.73 Å². The SMILES string of the molecule is NCCCCCCC(=O)C1CCCCCC1. The van der Waals surface area contributed by atoms with Gasteiger partial charge in [-0.3, -0.25) is 4.79 Å². The number of nitrogens with two attached hydrogens (primary N) is 1. The molecule has 0 saturated heterocycles. The van der Waals surface area contributed by atoms with Gasteiger partial charge in [0.2, 0.25) is 0 Å². The molecule has 1 aliphatic carbocycles. The number of hydrogen-bond donors (Lipinski definition) is 1. The van der Waals surface area contributed by atoms with Crippen LogP contribution < -0.4 is 5.73 Å². The van der Waals surface area contributed by atoms with Gasteiger partial charge in [-0.1, -0.05) is 38.5 Å². The predicted octanol–water partition coefficient (Wildman–Crippen LogP) is 3.44. The molecule has 0 unspecified atom stereocenters. The van der Waals surface area contributed by atoms with E-state index in [1.54, 1.807) is 0 Å². The zero-order valence-corrected chi connectivity index (χ0v) is 10.5. The van der Waals surface area contributed by atoms with E-state index in [9.17, 15) is 4.79 Å². The van der Waals surface area contributed by atoms with E-state index in [1.165, 1.54) is 38.5 Å². The number of ketones is 1. The smallest absolute Gasteiger partial charge is 0.135 e. The van der Waals surface area contributed by atoms with E-state index in [0.717, 1.165) is 38.6 Å². The van der Waals surface area contributed by atoms with Gasteiger partial charge in [0.1, 0.15) is 5.78 Å². The summed E-state index contributed by atoms with van der Waals surface area (Å²) < 4.78 is 0. The van der Waals surface area contributed by atoms with Gasteiger partial charge in [0.15, 0.2) is 0 Å². The fraction of sp³-hybridized carbons (Fsp3) is 0.929. The molecule has 1 rings (SSSR count). The van der Waals surface area contributed by atoms with Crippen LogP contribution in [0.1, 0.15) is 70.6 Å². The van der Waals surface area contributed by atoms with Gasteiger partial charge in [0.05, 0.1) is 0 Å². The van der Waals surface area contributed by atoms with Crippen LogP contribution >= 0.6 is 0 Å². The summed E-state index contributed by atoms with van der Waals surface area (Å²) in [5.74, 6) is 0.937. The Hall–Kier alpha value is -0.370. The molecule has 16 heavy (non-hydrogen) atoms. The second-order valence-electron chi connectivity index (χ2n) is 5.11. The lowest BCUT2D eigenvalue weighted by atomic mass is 9.92. The van der Waals surface area contributed by atoms with Gasteiger partial charge < -0.3 is 5.73 Å². The maximum absolute atomic E-state index is 12.0. The summed E-state index contributed by atoms with van der Waals surface area (Å²) in [5, 5.41) is 0. The number of rotatable bonds is 7. The lowest BCUT2D eigenvalue weighted by molar-refractivity contribution is -0.123. The second kappa shape index (κ2) is 8.74. The number of carbonyl (C=O) groups is 1. The van der Waals surface area contributed by atoms with Crippen molar-refractivity contribution in [3.63, 3.8) is 0 Å². The van der Waals surface area contributed by atoms with Crippen LogP contribution in [0.4, 0.5) is 0 Å². The van der Waals surface area contributed by atoms with Crippen LogP contribution in [0.3, 0.4) is 0 Å². The summed E-state index contributed by atoms with van der Waals surface area (Å²) >= 11 is 0. The number of hydrogen-bond acceptors (Lipinski definition) is 2. The molecule has 0 aromatic rings. The van der Waals surface area contributed by atoms with Crippen LogP contribution in [0.25, 0.3) is 0 Å². The van der Waals surface area contributed by atoms with E-state index < -0.39 is 0 Å². The highest BCUT2D eigenvalue weighted by Gasteiger charge is 2.18. The Labute approximate surface area is 100.0 Å². The van der Waals surface area contributed by atoms with Crippen molar-refractivity contribution >= 4 is 5.78 Å². The first-order valence-electron chi connectivity index (χ1n) is 7.07. The van der Waals surface area contributed by atoms with E-state index in [2.05, 4.69) is 0 Å². The summed E-state index contributed by atoms with van der Waals surface area (Å²) in [6.07, 6.45) is 12.9. The third kappa shape index (κ3) is 5.64. The molecule has 0 bridgehead atoms. The molecule has 0 atom stereocenters. The first-order chi connectivity index (χ1) is 7.84. The molecule has 2 heteroatoms. The maximum atomic E-state index is 12.0. The summed E-state index contributed by atoms with van der Waals surface area (Å²) in [6.45, 7) is 0.788. The highest BCUT2D eigenvalue weighted by molar-refractivity contribution is 5.80. The van der Waals surface area contributed by atoms with Crippen molar-refractivity contribution in [1.29, 1.82) is 0 Å². The molecule has 94 valence electrons. The van der Waals surface area contributed by atoms with Gasteiger partial charge in [-0.25, -0.2) is 0 Å². The third-order valence-electron chi connectivity index (χ3n) is 3.69. The van der Waals surface area contributed by atoms with Gasteiger partial charge in [-0.05, 0) is 32.2 Å². The minimum atomic E-state index is 0.400. The van der Waals surface area contributed by atoms with Crippen molar-refractivity contribution in [2.75, 3.05) is 6.54 Å². The molecular formula is C14H27NO. The molecule has 1 saturated carbocycles. The molecule has 2 N–H and O–H groups in total. The summed E-state index contributed by atoms with van der Waals surface area (Å²) in [7, 11) is 0. The fourth-order valence-electron chi connectivity index (χ4n) is 2.60. The molecule has 0 spiro atoms. The van der Waals surface area contributed by atoms with Crippen LogP contribution in [-0.2, 0) is 4.79 Å². The van der Waals surface area contributed by atoms with E-state index in [0.29, 0.717) is 11.7 Å². The Kier molecular flexibility index (Phi) is 7.48. The largest absolute Gasteiger partial charge is 0.330 e. The van der Waals surface area contributed by atoms with Crippen molar-refractivity contribution in [3.05, 3.63) is 0 Å². The van der Waals surface area contributed by atoms with Crippen molar-refractivity contribution < 1.29 is 4.79 Å². The van der Waals surface area contributed by atoms with Crippen LogP contribution in [-0.4, -0.2) is 12.3 Å². The van der Waals surface area contributed by atoms with E-state index >= 15 is 0 Å². The monoisotopic (exact) mass is 225 g/mol. The van der Waals surface area contributed by atoms with Crippen LogP contribution in [0.2, 0.25) is 0 Å². The maximum Gasteiger partial charge on any atom is 0.135 e. The highest BCUT2D eigenvalue weighted by Crippen LogP contribution is 2.25. The average Bonchev–Trinajstić information content (AvgIpc) is 2.57. The molecule has 0 aliphatic heterocycles. The predicted molar refractivity (Wildman–Crippen MR) is 68.3 cm³/mol. The lowest BCUT2D eigenvalue weighted by Gasteiger charge is -2.12. The minimum Gasteiger partial charge on any atom is -0.330 e. The van der Waals surface area contributed by atoms with Gasteiger partial charge in [0.25, 0.3) is 0 Å². The normalized spacial score (nSPS) is 18.3. The molecule has 0 aromatic carbocycles. The molecule has 0 heterocycles. The standard InChI is InChI=1S/C14H27NO/c15-12-8-4-3-7-11-14(16)13-9-5-1-2-6-10-13/h13H,1-12,15H2. The van der Waals surface area contributed by atoms with Crippen LogP contribution in [0.5, 0.6) is 0 Å². The molecule has 0 amide bonds. The lowest BCUT2D eigenvalue weighted by Crippen LogP contribution is -2.13. The van der Waals surface area contributed by atoms with Gasteiger partial charge in [-0.2, -0.15) is 0 Å². The highest BCUT2D eigenvalue weighted by atomic mass is 16.1. The van der Waals surface area contributed by atoms with Crippen LogP contribution in [0, 0.1) is 5.92 Å². The van der Waals surface area contributed by atoms with Crippen molar-refractivity contribution in [3.8, 4) is 0 Å². The summed E-state index contributed by atoms with van der Waals surface area (Å²) in [4.78, 5) is 12.0. The topological polar surface area (TPSA) is 43.1 Å². The Morgan fingerprint density at radius 1 is 0.938 bits per heavy atom. The first-order valence-corrected chi connectivity index (χ1v) is 7.07. The zero-order valence-electron chi connectivity index (χ0n) is 10.5. The van der Waals surface area contributed by atoms with Crippen LogP contribution in [0.15, 0.2) is 0 Å². The molecular weight excluding hydrogens is 198 g/mol. The average molecular weight is 225 g/mol. The molecule has 1 aliphatic rings. The molecule has 0 radical (unpaired) electrons. The van der Waals surface area contributed by atoms with Crippen molar-refractivity contribution in [2.24, 2.45) is 11.7 Å². The summed E-state index contributed by atoms with van der Waals surface area (Å²) in [5.41, 5.74) is 5.44. The molecule has 1 fully saturated rings. The summed E-state index contributed by atoms with van der Waals surface area (Å²) in [6, 6.07) is 0. The minimum absolute atomic E-state index is 0.400. The quantitative estimate of drug-likeness (QED) is 0.533. The Morgan fingerprint density at radius 2 is 1.56 bits per heavy atom. The number of Topliss-reactive ketones (excluding diaryl/α,β-unsaturated/α-hetero) is 1. The third-order valence-corrected chi connectivity index (χ3v) is 3.69. The molecule has 2 nitrogen and oxygen atoms in total. The molecule has 0 aromatic heterocycles. The number of unbranched alkanes of at least 4 members (excludes halogenated alkanes) is 3. The fourth-order valence-corrected chi connectivity index (χ4v) is 2.60. The van der Waals surface area contributed by atoms with Gasteiger partial charge in [-0.15, -0.1) is 0 Å². The first kappa shape index (κ1) is 13.7. The Morgan fingerprint density at radius 3 is 2.19 bits per heavy atom.